The maximum absolute atomic E-state index is 12.8. The molecule has 0 aliphatic heterocycles. The van der Waals surface area contributed by atoms with Gasteiger partial charge in [0, 0.05) is 24.5 Å². The Kier molecular flexibility index (Phi) is 5.33. The van der Waals surface area contributed by atoms with E-state index in [-0.39, 0.29) is 10.9 Å². The van der Waals surface area contributed by atoms with E-state index >= 15 is 0 Å². The van der Waals surface area contributed by atoms with E-state index in [1.165, 1.54) is 0 Å². The van der Waals surface area contributed by atoms with E-state index < -0.39 is 6.04 Å². The number of halogens is 3. The number of carbonyl (C=O) groups excluding carboxylic acids is 1. The van der Waals surface area contributed by atoms with Gasteiger partial charge in [-0.1, -0.05) is 53.0 Å². The van der Waals surface area contributed by atoms with Gasteiger partial charge in [-0.3, -0.25) is 4.79 Å². The number of imidazole rings is 1. The normalized spacial score (nSPS) is 12.0. The van der Waals surface area contributed by atoms with Gasteiger partial charge < -0.3 is 9.88 Å². The molecule has 0 aliphatic rings. The average Bonchev–Trinajstić information content (AvgIpc) is 3.02. The van der Waals surface area contributed by atoms with Gasteiger partial charge in [0.25, 0.3) is 5.91 Å². The van der Waals surface area contributed by atoms with Crippen LogP contribution in [-0.4, -0.2) is 15.5 Å². The fraction of sp³-hybridized carbons (Fsp3) is 0.111. The maximum Gasteiger partial charge on any atom is 0.253 e. The number of nitrogens with one attached hydrogen (secondary N) is 1. The van der Waals surface area contributed by atoms with Gasteiger partial charge in [-0.2, -0.15) is 0 Å². The van der Waals surface area contributed by atoms with Gasteiger partial charge in [0.05, 0.1) is 15.6 Å². The first-order chi connectivity index (χ1) is 12.0. The van der Waals surface area contributed by atoms with E-state index in [1.807, 2.05) is 29.9 Å². The summed E-state index contributed by atoms with van der Waals surface area (Å²) in [5, 5.41) is 4.14. The molecule has 1 unspecified atom stereocenters. The highest BCUT2D eigenvalue weighted by Crippen LogP contribution is 2.27. The van der Waals surface area contributed by atoms with Crippen LogP contribution in [0, 0.1) is 0 Å². The van der Waals surface area contributed by atoms with Crippen molar-refractivity contribution in [2.24, 2.45) is 7.05 Å². The third-order valence-electron chi connectivity index (χ3n) is 3.79. The van der Waals surface area contributed by atoms with Crippen molar-refractivity contribution in [1.82, 2.24) is 14.9 Å². The first kappa shape index (κ1) is 17.8. The molecule has 1 N–H and O–H groups in total. The van der Waals surface area contributed by atoms with Crippen molar-refractivity contribution < 1.29 is 4.79 Å². The van der Waals surface area contributed by atoms with E-state index in [1.54, 1.807) is 36.5 Å². The Balaban J connectivity index is 1.98. The zero-order valence-corrected chi connectivity index (χ0v) is 15.5. The van der Waals surface area contributed by atoms with Crippen LogP contribution in [0.5, 0.6) is 0 Å². The molecule has 7 heteroatoms. The number of aromatic nitrogens is 2. The molecule has 0 saturated heterocycles. The lowest BCUT2D eigenvalue weighted by Crippen LogP contribution is -2.31. The lowest BCUT2D eigenvalue weighted by atomic mass is 10.1. The highest BCUT2D eigenvalue weighted by atomic mass is 35.5. The minimum atomic E-state index is -0.459. The zero-order chi connectivity index (χ0) is 18.0. The maximum atomic E-state index is 12.8. The van der Waals surface area contributed by atoms with Gasteiger partial charge in [-0.15, -0.1) is 0 Å². The Morgan fingerprint density at radius 2 is 1.84 bits per heavy atom. The third-order valence-corrected chi connectivity index (χ3v) is 4.86. The van der Waals surface area contributed by atoms with E-state index in [4.69, 9.17) is 34.8 Å². The smallest absolute Gasteiger partial charge is 0.253 e. The number of hydrogen-bond donors (Lipinski definition) is 1. The van der Waals surface area contributed by atoms with Crippen LogP contribution in [0.25, 0.3) is 0 Å². The van der Waals surface area contributed by atoms with Crippen molar-refractivity contribution in [1.29, 1.82) is 0 Å². The van der Waals surface area contributed by atoms with Crippen LogP contribution in [0.4, 0.5) is 0 Å². The summed E-state index contributed by atoms with van der Waals surface area (Å²) in [6, 6.07) is 11.7. The third kappa shape index (κ3) is 3.82. The Morgan fingerprint density at radius 1 is 1.12 bits per heavy atom. The van der Waals surface area contributed by atoms with Crippen LogP contribution in [0.2, 0.25) is 15.1 Å². The first-order valence-electron chi connectivity index (χ1n) is 7.45. The summed E-state index contributed by atoms with van der Waals surface area (Å²) >= 11 is 18.1. The monoisotopic (exact) mass is 393 g/mol. The standard InChI is InChI=1S/C18H14Cl3N3O/c1-24-10-9-22-17(24)16(11-5-7-12(19)8-6-11)23-18(25)13-3-2-4-14(20)15(13)21/h2-10,16H,1H3,(H,23,25). The summed E-state index contributed by atoms with van der Waals surface area (Å²) in [6.45, 7) is 0. The second kappa shape index (κ2) is 7.48. The summed E-state index contributed by atoms with van der Waals surface area (Å²) in [4.78, 5) is 17.1. The van der Waals surface area contributed by atoms with Crippen molar-refractivity contribution >= 4 is 40.7 Å². The molecule has 1 aromatic heterocycles. The molecule has 2 aromatic carbocycles. The average molecular weight is 395 g/mol. The van der Waals surface area contributed by atoms with Crippen molar-refractivity contribution in [3.05, 3.63) is 86.9 Å². The Bertz CT molecular complexity index is 906. The van der Waals surface area contributed by atoms with Gasteiger partial charge in [0.2, 0.25) is 0 Å². The topological polar surface area (TPSA) is 46.9 Å². The van der Waals surface area contributed by atoms with Crippen LogP contribution in [0.15, 0.2) is 54.9 Å². The minimum Gasteiger partial charge on any atom is -0.338 e. The SMILES string of the molecule is Cn1ccnc1C(NC(=O)c1cccc(Cl)c1Cl)c1ccc(Cl)cc1. The predicted octanol–water partition coefficient (Wildman–Crippen LogP) is 4.90. The highest BCUT2D eigenvalue weighted by molar-refractivity contribution is 6.43. The molecule has 128 valence electrons. The molecule has 25 heavy (non-hydrogen) atoms. The van der Waals surface area contributed by atoms with E-state index in [9.17, 15) is 4.79 Å². The molecule has 0 radical (unpaired) electrons. The van der Waals surface area contributed by atoms with E-state index in [2.05, 4.69) is 10.3 Å². The minimum absolute atomic E-state index is 0.219. The van der Waals surface area contributed by atoms with Gasteiger partial charge >= 0.3 is 0 Å². The van der Waals surface area contributed by atoms with Crippen molar-refractivity contribution in [3.8, 4) is 0 Å². The van der Waals surface area contributed by atoms with E-state index in [0.29, 0.717) is 21.4 Å². The van der Waals surface area contributed by atoms with E-state index in [0.717, 1.165) is 5.56 Å². The lowest BCUT2D eigenvalue weighted by molar-refractivity contribution is 0.0941. The fourth-order valence-electron chi connectivity index (χ4n) is 2.50. The molecule has 0 saturated carbocycles. The lowest BCUT2D eigenvalue weighted by Gasteiger charge is -2.20. The van der Waals surface area contributed by atoms with Gasteiger partial charge in [0.15, 0.2) is 0 Å². The fourth-order valence-corrected chi connectivity index (χ4v) is 3.01. The zero-order valence-electron chi connectivity index (χ0n) is 13.2. The molecule has 1 heterocycles. The second-order valence-electron chi connectivity index (χ2n) is 5.46. The predicted molar refractivity (Wildman–Crippen MR) is 100 cm³/mol. The van der Waals surface area contributed by atoms with Crippen LogP contribution >= 0.6 is 34.8 Å². The Labute approximate surface area is 160 Å². The first-order valence-corrected chi connectivity index (χ1v) is 8.58. The second-order valence-corrected chi connectivity index (χ2v) is 6.68. The van der Waals surface area contributed by atoms with Crippen LogP contribution < -0.4 is 5.32 Å². The van der Waals surface area contributed by atoms with Crippen LogP contribution in [0.1, 0.15) is 27.8 Å². The molecule has 1 atom stereocenters. The number of rotatable bonds is 4. The molecule has 4 nitrogen and oxygen atoms in total. The largest absolute Gasteiger partial charge is 0.338 e. The summed E-state index contributed by atoms with van der Waals surface area (Å²) in [6.07, 6.45) is 3.49. The van der Waals surface area contributed by atoms with Gasteiger partial charge in [-0.05, 0) is 29.8 Å². The van der Waals surface area contributed by atoms with Gasteiger partial charge in [0.1, 0.15) is 11.9 Å². The number of hydrogen-bond acceptors (Lipinski definition) is 2. The summed E-state index contributed by atoms with van der Waals surface area (Å²) in [7, 11) is 1.86. The van der Waals surface area contributed by atoms with Gasteiger partial charge in [-0.25, -0.2) is 4.98 Å². The van der Waals surface area contributed by atoms with Crippen molar-refractivity contribution in [2.75, 3.05) is 0 Å². The number of nitrogens with zero attached hydrogens (tertiary/aromatic N) is 2. The molecule has 0 spiro atoms. The Morgan fingerprint density at radius 3 is 2.48 bits per heavy atom. The quantitative estimate of drug-likeness (QED) is 0.684. The Hall–Kier alpha value is -2.01. The highest BCUT2D eigenvalue weighted by Gasteiger charge is 2.23. The number of benzene rings is 2. The van der Waals surface area contributed by atoms with Crippen molar-refractivity contribution in [2.45, 2.75) is 6.04 Å². The van der Waals surface area contributed by atoms with Crippen LogP contribution in [0.3, 0.4) is 0 Å². The molecule has 0 fully saturated rings. The number of carbonyl (C=O) groups is 1. The molecular weight excluding hydrogens is 381 g/mol. The number of amides is 1. The summed E-state index contributed by atoms with van der Waals surface area (Å²) in [5.41, 5.74) is 1.16. The number of aryl methyl sites for hydroxylation is 1. The molecule has 1 amide bonds. The molecular formula is C18H14Cl3N3O. The van der Waals surface area contributed by atoms with Crippen LogP contribution in [-0.2, 0) is 7.05 Å². The van der Waals surface area contributed by atoms with Crippen molar-refractivity contribution in [3.63, 3.8) is 0 Å². The molecule has 0 aliphatic carbocycles. The molecule has 3 rings (SSSR count). The summed E-state index contributed by atoms with van der Waals surface area (Å²) < 4.78 is 1.85. The molecule has 3 aromatic rings. The summed E-state index contributed by atoms with van der Waals surface area (Å²) in [5.74, 6) is 0.351. The molecule has 0 bridgehead atoms.